The van der Waals surface area contributed by atoms with E-state index in [1.165, 1.54) is 0 Å². The zero-order chi connectivity index (χ0) is 13.1. The summed E-state index contributed by atoms with van der Waals surface area (Å²) >= 11 is 11.7. The van der Waals surface area contributed by atoms with E-state index in [9.17, 15) is 9.90 Å². The van der Waals surface area contributed by atoms with Gasteiger partial charge in [0, 0.05) is 12.2 Å². The SMILES string of the molecule is O=C(Nc1ccc(Cl)c(Cl)c1)N1CCC[C@H]1CO. The minimum Gasteiger partial charge on any atom is -0.394 e. The van der Waals surface area contributed by atoms with Crippen LogP contribution in [0.25, 0.3) is 0 Å². The molecule has 1 aliphatic rings. The van der Waals surface area contributed by atoms with Crippen LogP contribution in [0.15, 0.2) is 18.2 Å². The van der Waals surface area contributed by atoms with Crippen molar-refractivity contribution >= 4 is 34.9 Å². The molecule has 1 atom stereocenters. The first-order valence-electron chi connectivity index (χ1n) is 5.75. The van der Waals surface area contributed by atoms with Crippen molar-refractivity contribution < 1.29 is 9.90 Å². The van der Waals surface area contributed by atoms with Crippen molar-refractivity contribution in [2.75, 3.05) is 18.5 Å². The zero-order valence-corrected chi connectivity index (χ0v) is 11.2. The largest absolute Gasteiger partial charge is 0.394 e. The van der Waals surface area contributed by atoms with Gasteiger partial charge in [-0.2, -0.15) is 0 Å². The van der Waals surface area contributed by atoms with Crippen molar-refractivity contribution in [3.05, 3.63) is 28.2 Å². The molecule has 0 aromatic heterocycles. The van der Waals surface area contributed by atoms with Gasteiger partial charge in [0.1, 0.15) is 0 Å². The van der Waals surface area contributed by atoms with E-state index in [2.05, 4.69) is 5.32 Å². The summed E-state index contributed by atoms with van der Waals surface area (Å²) in [6.45, 7) is 0.660. The van der Waals surface area contributed by atoms with E-state index in [1.807, 2.05) is 0 Å². The molecular formula is C12H14Cl2N2O2. The minimum absolute atomic E-state index is 0.00516. The molecule has 1 heterocycles. The lowest BCUT2D eigenvalue weighted by Crippen LogP contribution is -2.40. The first kappa shape index (κ1) is 13.5. The fraction of sp³-hybridized carbons (Fsp3) is 0.417. The number of hydrogen-bond acceptors (Lipinski definition) is 2. The first-order valence-corrected chi connectivity index (χ1v) is 6.51. The molecule has 1 aromatic rings. The Hall–Kier alpha value is -0.970. The molecular weight excluding hydrogens is 275 g/mol. The molecule has 2 amide bonds. The predicted molar refractivity (Wildman–Crippen MR) is 72.3 cm³/mol. The molecule has 18 heavy (non-hydrogen) atoms. The average Bonchev–Trinajstić information content (AvgIpc) is 2.82. The van der Waals surface area contributed by atoms with Gasteiger partial charge in [0.2, 0.25) is 0 Å². The Balaban J connectivity index is 2.04. The van der Waals surface area contributed by atoms with E-state index in [1.54, 1.807) is 23.1 Å². The number of likely N-dealkylation sites (tertiary alicyclic amines) is 1. The highest BCUT2D eigenvalue weighted by molar-refractivity contribution is 6.42. The number of amides is 2. The smallest absolute Gasteiger partial charge is 0.322 e. The summed E-state index contributed by atoms with van der Waals surface area (Å²) in [6, 6.07) is 4.62. The summed E-state index contributed by atoms with van der Waals surface area (Å²) in [6.07, 6.45) is 1.76. The van der Waals surface area contributed by atoms with E-state index in [-0.39, 0.29) is 18.7 Å². The number of benzene rings is 1. The molecule has 1 aliphatic heterocycles. The van der Waals surface area contributed by atoms with Gasteiger partial charge in [-0.3, -0.25) is 0 Å². The van der Waals surface area contributed by atoms with Crippen LogP contribution in [0.4, 0.5) is 10.5 Å². The molecule has 1 aromatic carbocycles. The quantitative estimate of drug-likeness (QED) is 0.879. The fourth-order valence-electron chi connectivity index (χ4n) is 2.06. The molecule has 0 unspecified atom stereocenters. The van der Waals surface area contributed by atoms with E-state index in [0.717, 1.165) is 12.8 Å². The first-order chi connectivity index (χ1) is 8.61. The van der Waals surface area contributed by atoms with E-state index >= 15 is 0 Å². The Bertz CT molecular complexity index is 454. The number of carbonyl (C=O) groups is 1. The number of halogens is 2. The van der Waals surface area contributed by atoms with E-state index < -0.39 is 0 Å². The maximum absolute atomic E-state index is 12.0. The zero-order valence-electron chi connectivity index (χ0n) is 9.70. The van der Waals surface area contributed by atoms with Crippen molar-refractivity contribution in [3.8, 4) is 0 Å². The lowest BCUT2D eigenvalue weighted by molar-refractivity contribution is 0.166. The second kappa shape index (κ2) is 5.78. The Morgan fingerprint density at radius 1 is 1.44 bits per heavy atom. The van der Waals surface area contributed by atoms with Crippen LogP contribution >= 0.6 is 23.2 Å². The molecule has 6 heteroatoms. The Morgan fingerprint density at radius 3 is 2.89 bits per heavy atom. The topological polar surface area (TPSA) is 52.6 Å². The number of urea groups is 1. The van der Waals surface area contributed by atoms with E-state index in [0.29, 0.717) is 22.3 Å². The van der Waals surface area contributed by atoms with Crippen LogP contribution in [-0.2, 0) is 0 Å². The van der Waals surface area contributed by atoms with Crippen LogP contribution in [0.3, 0.4) is 0 Å². The van der Waals surface area contributed by atoms with Gasteiger partial charge in [0.25, 0.3) is 0 Å². The van der Waals surface area contributed by atoms with Gasteiger partial charge in [-0.1, -0.05) is 23.2 Å². The summed E-state index contributed by atoms with van der Waals surface area (Å²) in [7, 11) is 0. The summed E-state index contributed by atoms with van der Waals surface area (Å²) in [5, 5.41) is 12.8. The third-order valence-corrected chi connectivity index (χ3v) is 3.76. The Kier molecular flexibility index (Phi) is 4.32. The second-order valence-corrected chi connectivity index (χ2v) is 5.05. The molecule has 98 valence electrons. The third-order valence-electron chi connectivity index (χ3n) is 3.02. The highest BCUT2D eigenvalue weighted by Gasteiger charge is 2.27. The van der Waals surface area contributed by atoms with Crippen molar-refractivity contribution in [1.82, 2.24) is 4.90 Å². The number of rotatable bonds is 2. The summed E-state index contributed by atoms with van der Waals surface area (Å²) in [5.74, 6) is 0. The molecule has 2 rings (SSSR count). The van der Waals surface area contributed by atoms with Gasteiger partial charge in [-0.25, -0.2) is 4.79 Å². The molecule has 1 fully saturated rings. The van der Waals surface area contributed by atoms with Crippen LogP contribution in [0, 0.1) is 0 Å². The van der Waals surface area contributed by atoms with Gasteiger partial charge >= 0.3 is 6.03 Å². The van der Waals surface area contributed by atoms with Crippen LogP contribution < -0.4 is 5.32 Å². The van der Waals surface area contributed by atoms with Crippen molar-refractivity contribution in [1.29, 1.82) is 0 Å². The normalized spacial score (nSPS) is 19.1. The maximum Gasteiger partial charge on any atom is 0.322 e. The number of nitrogens with zero attached hydrogens (tertiary/aromatic N) is 1. The molecule has 0 aliphatic carbocycles. The maximum atomic E-state index is 12.0. The Labute approximate surface area is 115 Å². The van der Waals surface area contributed by atoms with Gasteiger partial charge in [0.15, 0.2) is 0 Å². The average molecular weight is 289 g/mol. The van der Waals surface area contributed by atoms with Gasteiger partial charge in [-0.15, -0.1) is 0 Å². The van der Waals surface area contributed by atoms with Crippen LogP contribution in [0.1, 0.15) is 12.8 Å². The number of aliphatic hydroxyl groups is 1. The highest BCUT2D eigenvalue weighted by atomic mass is 35.5. The van der Waals surface area contributed by atoms with Crippen LogP contribution in [0.2, 0.25) is 10.0 Å². The van der Waals surface area contributed by atoms with Crippen molar-refractivity contribution in [2.45, 2.75) is 18.9 Å². The number of aliphatic hydroxyl groups excluding tert-OH is 1. The molecule has 4 nitrogen and oxygen atoms in total. The fourth-order valence-corrected chi connectivity index (χ4v) is 2.36. The van der Waals surface area contributed by atoms with Gasteiger partial charge in [-0.05, 0) is 31.0 Å². The number of carbonyl (C=O) groups excluding carboxylic acids is 1. The predicted octanol–water partition coefficient (Wildman–Crippen LogP) is 2.98. The lowest BCUT2D eigenvalue weighted by Gasteiger charge is -2.23. The number of hydrogen-bond donors (Lipinski definition) is 2. The molecule has 0 bridgehead atoms. The lowest BCUT2D eigenvalue weighted by atomic mass is 10.2. The van der Waals surface area contributed by atoms with Crippen LogP contribution in [0.5, 0.6) is 0 Å². The molecule has 0 saturated carbocycles. The Morgan fingerprint density at radius 2 is 2.22 bits per heavy atom. The van der Waals surface area contributed by atoms with Crippen LogP contribution in [-0.4, -0.2) is 35.2 Å². The van der Waals surface area contributed by atoms with E-state index in [4.69, 9.17) is 23.2 Å². The molecule has 0 spiro atoms. The highest BCUT2D eigenvalue weighted by Crippen LogP contribution is 2.26. The molecule has 1 saturated heterocycles. The van der Waals surface area contributed by atoms with Gasteiger partial charge < -0.3 is 15.3 Å². The molecule has 2 N–H and O–H groups in total. The minimum atomic E-state index is -0.218. The van der Waals surface area contributed by atoms with Crippen molar-refractivity contribution in [2.24, 2.45) is 0 Å². The monoisotopic (exact) mass is 288 g/mol. The number of nitrogens with one attached hydrogen (secondary N) is 1. The standard InChI is InChI=1S/C12H14Cl2N2O2/c13-10-4-3-8(6-11(10)14)15-12(18)16-5-1-2-9(16)7-17/h3-4,6,9,17H,1-2,5,7H2,(H,15,18)/t9-/m0/s1. The number of anilines is 1. The summed E-state index contributed by atoms with van der Waals surface area (Å²) < 4.78 is 0. The van der Waals surface area contributed by atoms with Crippen molar-refractivity contribution in [3.63, 3.8) is 0 Å². The molecule has 0 radical (unpaired) electrons. The van der Waals surface area contributed by atoms with Gasteiger partial charge in [0.05, 0.1) is 22.7 Å². The second-order valence-electron chi connectivity index (χ2n) is 4.23. The summed E-state index contributed by atoms with van der Waals surface area (Å²) in [5.41, 5.74) is 0.595. The summed E-state index contributed by atoms with van der Waals surface area (Å²) in [4.78, 5) is 13.6. The third kappa shape index (κ3) is 2.88.